The maximum atomic E-state index is 12.8. The number of nitrogens with one attached hydrogen (secondary N) is 1. The highest BCUT2D eigenvalue weighted by Crippen LogP contribution is 2.19. The summed E-state index contributed by atoms with van der Waals surface area (Å²) in [5.41, 5.74) is 3.39. The van der Waals surface area contributed by atoms with E-state index < -0.39 is 10.0 Å². The van der Waals surface area contributed by atoms with E-state index >= 15 is 0 Å². The van der Waals surface area contributed by atoms with E-state index in [9.17, 15) is 13.2 Å². The zero-order valence-corrected chi connectivity index (χ0v) is 20.0. The van der Waals surface area contributed by atoms with Crippen molar-refractivity contribution in [2.45, 2.75) is 13.2 Å². The van der Waals surface area contributed by atoms with Gasteiger partial charge in [0.1, 0.15) is 12.4 Å². The Bertz CT molecular complexity index is 1210. The van der Waals surface area contributed by atoms with Crippen molar-refractivity contribution in [2.24, 2.45) is 0 Å². The molecule has 4 rings (SSSR count). The molecule has 1 N–H and O–H groups in total. The molecule has 0 spiro atoms. The number of benzene rings is 3. The molecule has 0 unspecified atom stereocenters. The predicted molar refractivity (Wildman–Crippen MR) is 133 cm³/mol. The van der Waals surface area contributed by atoms with Crippen LogP contribution in [0.2, 0.25) is 0 Å². The third-order valence-corrected chi connectivity index (χ3v) is 7.06. The van der Waals surface area contributed by atoms with Crippen LogP contribution in [0.15, 0.2) is 78.9 Å². The molecule has 1 aliphatic rings. The number of amides is 1. The topological polar surface area (TPSA) is 79.0 Å². The summed E-state index contributed by atoms with van der Waals surface area (Å²) in [6.45, 7) is 3.48. The molecule has 0 bridgehead atoms. The second-order valence-electron chi connectivity index (χ2n) is 8.39. The van der Waals surface area contributed by atoms with E-state index in [0.717, 1.165) is 16.9 Å². The second-order valence-corrected chi connectivity index (χ2v) is 10.4. The molecule has 3 aromatic carbocycles. The Morgan fingerprint density at radius 3 is 2.24 bits per heavy atom. The Morgan fingerprint density at radius 2 is 1.56 bits per heavy atom. The van der Waals surface area contributed by atoms with Crippen molar-refractivity contribution in [1.29, 1.82) is 0 Å². The number of nitrogens with zero attached hydrogens (tertiary/aromatic N) is 2. The number of sulfonamides is 1. The van der Waals surface area contributed by atoms with Gasteiger partial charge in [-0.2, -0.15) is 4.31 Å². The molecule has 178 valence electrons. The summed E-state index contributed by atoms with van der Waals surface area (Å²) in [5, 5.41) is 2.93. The van der Waals surface area contributed by atoms with Crippen LogP contribution in [0.3, 0.4) is 0 Å². The highest BCUT2D eigenvalue weighted by Gasteiger charge is 2.23. The van der Waals surface area contributed by atoms with Gasteiger partial charge in [0.25, 0.3) is 5.91 Å². The average molecular weight is 480 g/mol. The van der Waals surface area contributed by atoms with Crippen molar-refractivity contribution in [3.05, 3.63) is 95.6 Å². The third-order valence-electron chi connectivity index (χ3n) is 5.76. The summed E-state index contributed by atoms with van der Waals surface area (Å²) < 4.78 is 30.7. The maximum Gasteiger partial charge on any atom is 0.255 e. The lowest BCUT2D eigenvalue weighted by atomic mass is 10.1. The van der Waals surface area contributed by atoms with Crippen LogP contribution in [0.1, 0.15) is 21.5 Å². The maximum absolute atomic E-state index is 12.8. The van der Waals surface area contributed by atoms with Gasteiger partial charge in [0, 0.05) is 44.0 Å². The summed E-state index contributed by atoms with van der Waals surface area (Å²) in [4.78, 5) is 15.0. The Morgan fingerprint density at radius 1 is 0.882 bits per heavy atom. The molecular formula is C26H29N3O4S. The zero-order valence-electron chi connectivity index (χ0n) is 19.2. The summed E-state index contributed by atoms with van der Waals surface area (Å²) in [6, 6.07) is 24.8. The highest BCUT2D eigenvalue weighted by atomic mass is 32.2. The average Bonchev–Trinajstić information content (AvgIpc) is 2.84. The molecule has 0 saturated carbocycles. The Kier molecular flexibility index (Phi) is 7.62. The van der Waals surface area contributed by atoms with Gasteiger partial charge in [0.05, 0.1) is 6.26 Å². The minimum Gasteiger partial charge on any atom is -0.489 e. The number of rotatable bonds is 8. The summed E-state index contributed by atoms with van der Waals surface area (Å²) >= 11 is 0. The molecule has 34 heavy (non-hydrogen) atoms. The van der Waals surface area contributed by atoms with Crippen LogP contribution in [-0.4, -0.2) is 56.0 Å². The van der Waals surface area contributed by atoms with E-state index in [-0.39, 0.29) is 5.91 Å². The normalized spacial score (nSPS) is 15.1. The molecule has 1 heterocycles. The molecule has 1 fully saturated rings. The quantitative estimate of drug-likeness (QED) is 0.534. The first-order chi connectivity index (χ1) is 16.4. The largest absolute Gasteiger partial charge is 0.489 e. The molecular weight excluding hydrogens is 450 g/mol. The lowest BCUT2D eigenvalue weighted by Gasteiger charge is -2.33. The van der Waals surface area contributed by atoms with Crippen molar-refractivity contribution in [2.75, 3.05) is 37.8 Å². The summed E-state index contributed by atoms with van der Waals surface area (Å²) in [5.74, 6) is 0.557. The smallest absolute Gasteiger partial charge is 0.255 e. The van der Waals surface area contributed by atoms with Gasteiger partial charge >= 0.3 is 0 Å². The molecule has 0 radical (unpaired) electrons. The first-order valence-electron chi connectivity index (χ1n) is 11.2. The minimum absolute atomic E-state index is 0.179. The number of ether oxygens (including phenoxy) is 1. The Labute approximate surface area is 201 Å². The van der Waals surface area contributed by atoms with Gasteiger partial charge in [0.2, 0.25) is 10.0 Å². The van der Waals surface area contributed by atoms with Crippen molar-refractivity contribution < 1.29 is 17.9 Å². The molecule has 8 heteroatoms. The Hall–Kier alpha value is -3.20. The van der Waals surface area contributed by atoms with Crippen LogP contribution in [0.5, 0.6) is 5.75 Å². The molecule has 1 amide bonds. The van der Waals surface area contributed by atoms with E-state index in [1.54, 1.807) is 6.07 Å². The van der Waals surface area contributed by atoms with Crippen LogP contribution in [0.25, 0.3) is 0 Å². The van der Waals surface area contributed by atoms with E-state index in [4.69, 9.17) is 4.74 Å². The number of hydrogen-bond donors (Lipinski definition) is 1. The number of anilines is 1. The van der Waals surface area contributed by atoms with Gasteiger partial charge in [-0.15, -0.1) is 0 Å². The van der Waals surface area contributed by atoms with Crippen LogP contribution >= 0.6 is 0 Å². The predicted octanol–water partition coefficient (Wildman–Crippen LogP) is 3.60. The van der Waals surface area contributed by atoms with Crippen LogP contribution < -0.4 is 10.1 Å². The van der Waals surface area contributed by atoms with Crippen molar-refractivity contribution >= 4 is 21.6 Å². The summed E-state index contributed by atoms with van der Waals surface area (Å²) in [6.07, 6.45) is 1.25. The number of piperazine rings is 1. The third kappa shape index (κ3) is 6.66. The summed E-state index contributed by atoms with van der Waals surface area (Å²) in [7, 11) is -3.14. The van der Waals surface area contributed by atoms with Gasteiger partial charge in [-0.1, -0.05) is 42.5 Å². The molecule has 0 aromatic heterocycles. The molecule has 3 aromatic rings. The minimum atomic E-state index is -3.14. The first-order valence-corrected chi connectivity index (χ1v) is 13.1. The molecule has 0 atom stereocenters. The van der Waals surface area contributed by atoms with Gasteiger partial charge in [-0.25, -0.2) is 8.42 Å². The number of hydrogen-bond acceptors (Lipinski definition) is 5. The van der Waals surface area contributed by atoms with E-state index in [0.29, 0.717) is 50.6 Å². The monoisotopic (exact) mass is 479 g/mol. The van der Waals surface area contributed by atoms with Gasteiger partial charge in [0.15, 0.2) is 0 Å². The molecule has 1 aliphatic heterocycles. The van der Waals surface area contributed by atoms with Crippen molar-refractivity contribution in [3.8, 4) is 5.75 Å². The molecule has 7 nitrogen and oxygen atoms in total. The van der Waals surface area contributed by atoms with Gasteiger partial charge in [-0.05, 0) is 47.5 Å². The van der Waals surface area contributed by atoms with Gasteiger partial charge < -0.3 is 10.1 Å². The van der Waals surface area contributed by atoms with Crippen LogP contribution in [0.4, 0.5) is 5.69 Å². The van der Waals surface area contributed by atoms with Crippen molar-refractivity contribution in [3.63, 3.8) is 0 Å². The van der Waals surface area contributed by atoms with E-state index in [2.05, 4.69) is 10.2 Å². The highest BCUT2D eigenvalue weighted by molar-refractivity contribution is 7.88. The van der Waals surface area contributed by atoms with Gasteiger partial charge in [-0.3, -0.25) is 9.69 Å². The SMILES string of the molecule is CS(=O)(=O)N1CCN(Cc2cccc(C(=O)Nc3ccc(OCc4ccccc4)cc3)c2)CC1. The first kappa shape index (κ1) is 23.9. The fourth-order valence-corrected chi connectivity index (χ4v) is 4.69. The Balaban J connectivity index is 1.30. The second kappa shape index (κ2) is 10.8. The van der Waals surface area contributed by atoms with E-state index in [1.807, 2.05) is 72.8 Å². The fraction of sp³-hybridized carbons (Fsp3) is 0.269. The van der Waals surface area contributed by atoms with Crippen LogP contribution in [-0.2, 0) is 23.2 Å². The lowest BCUT2D eigenvalue weighted by Crippen LogP contribution is -2.47. The molecule has 1 saturated heterocycles. The standard InChI is InChI=1S/C26H29N3O4S/c1-34(31,32)29-16-14-28(15-17-29)19-22-8-5-9-23(18-22)26(30)27-24-10-12-25(13-11-24)33-20-21-6-3-2-4-7-21/h2-13,18H,14-17,19-20H2,1H3,(H,27,30). The number of carbonyl (C=O) groups excluding carboxylic acids is 1. The van der Waals surface area contributed by atoms with Crippen LogP contribution in [0, 0.1) is 0 Å². The number of carbonyl (C=O) groups is 1. The van der Waals surface area contributed by atoms with Crippen molar-refractivity contribution in [1.82, 2.24) is 9.21 Å². The molecule has 0 aliphatic carbocycles. The fourth-order valence-electron chi connectivity index (χ4n) is 3.87. The lowest BCUT2D eigenvalue weighted by molar-refractivity contribution is 0.102. The zero-order chi connectivity index (χ0) is 24.0. The van der Waals surface area contributed by atoms with E-state index in [1.165, 1.54) is 10.6 Å².